The summed E-state index contributed by atoms with van der Waals surface area (Å²) in [4.78, 5) is 24.3. The van der Waals surface area contributed by atoms with Gasteiger partial charge < -0.3 is 9.47 Å². The second-order valence-corrected chi connectivity index (χ2v) is 7.71. The molecule has 6 nitrogen and oxygen atoms in total. The van der Waals surface area contributed by atoms with E-state index >= 15 is 0 Å². The van der Waals surface area contributed by atoms with Crippen LogP contribution in [0.1, 0.15) is 22.8 Å². The molecule has 0 spiro atoms. The lowest BCUT2D eigenvalue weighted by Crippen LogP contribution is -2.33. The third-order valence-electron chi connectivity index (χ3n) is 4.07. The predicted molar refractivity (Wildman–Crippen MR) is 123 cm³/mol. The number of rotatable bonds is 7. The van der Waals surface area contributed by atoms with E-state index in [1.54, 1.807) is 67.6 Å². The smallest absolute Gasteiger partial charge is 0.345 e. The summed E-state index contributed by atoms with van der Waals surface area (Å²) < 4.78 is 11.8. The Morgan fingerprint density at radius 2 is 1.65 bits per heavy atom. The van der Waals surface area contributed by atoms with E-state index in [1.165, 1.54) is 6.21 Å². The fraction of sp³-hybridized carbons (Fsp3) is 0.0870. The fourth-order valence-electron chi connectivity index (χ4n) is 2.44. The van der Waals surface area contributed by atoms with Gasteiger partial charge >= 0.3 is 5.97 Å². The molecule has 0 bridgehead atoms. The number of nitrogens with one attached hydrogen (secondary N) is 1. The molecule has 0 aliphatic carbocycles. The van der Waals surface area contributed by atoms with E-state index < -0.39 is 12.1 Å². The maximum atomic E-state index is 12.2. The van der Waals surface area contributed by atoms with Crippen LogP contribution in [0, 0.1) is 0 Å². The van der Waals surface area contributed by atoms with Crippen LogP contribution in [0.25, 0.3) is 0 Å². The number of amides is 1. The highest BCUT2D eigenvalue weighted by atomic mass is 79.9. The summed E-state index contributed by atoms with van der Waals surface area (Å²) >= 11 is 9.35. The molecule has 0 saturated carbocycles. The molecule has 3 rings (SSSR count). The summed E-state index contributed by atoms with van der Waals surface area (Å²) in [5.74, 6) is 0.0166. The van der Waals surface area contributed by atoms with Crippen LogP contribution in [-0.2, 0) is 4.79 Å². The number of nitrogens with zero attached hydrogens (tertiary/aromatic N) is 1. The first kappa shape index (κ1) is 22.5. The Kier molecular flexibility index (Phi) is 7.81. The minimum absolute atomic E-state index is 0.289. The second-order valence-electron chi connectivity index (χ2n) is 6.39. The molecule has 0 aliphatic heterocycles. The van der Waals surface area contributed by atoms with Crippen LogP contribution in [0.5, 0.6) is 11.5 Å². The molecule has 3 aromatic carbocycles. The zero-order chi connectivity index (χ0) is 22.2. The molecule has 0 heterocycles. The SMILES string of the molecule is C[C@H](Oc1ccc(Br)cc1)C(=O)N/N=C\c1ccc(OC(=O)c2ccccc2Cl)cc1. The molecule has 0 radical (unpaired) electrons. The van der Waals surface area contributed by atoms with E-state index in [4.69, 9.17) is 21.1 Å². The monoisotopic (exact) mass is 500 g/mol. The topological polar surface area (TPSA) is 77.0 Å². The average molecular weight is 502 g/mol. The van der Waals surface area contributed by atoms with Crippen molar-refractivity contribution in [1.29, 1.82) is 0 Å². The zero-order valence-electron chi connectivity index (χ0n) is 16.4. The Bertz CT molecular complexity index is 1090. The van der Waals surface area contributed by atoms with Crippen molar-refractivity contribution in [2.75, 3.05) is 0 Å². The van der Waals surface area contributed by atoms with Gasteiger partial charge in [0.25, 0.3) is 5.91 Å². The first-order valence-corrected chi connectivity index (χ1v) is 10.4. The Hall–Kier alpha value is -3.16. The van der Waals surface area contributed by atoms with Crippen molar-refractivity contribution in [3.8, 4) is 11.5 Å². The van der Waals surface area contributed by atoms with Crippen molar-refractivity contribution in [3.63, 3.8) is 0 Å². The molecule has 3 aromatic rings. The molecular formula is C23H18BrClN2O4. The number of carbonyl (C=O) groups excluding carboxylic acids is 2. The lowest BCUT2D eigenvalue weighted by molar-refractivity contribution is -0.127. The van der Waals surface area contributed by atoms with Gasteiger partial charge in [-0.3, -0.25) is 4.79 Å². The van der Waals surface area contributed by atoms with E-state index in [0.29, 0.717) is 22.1 Å². The van der Waals surface area contributed by atoms with Gasteiger partial charge in [-0.25, -0.2) is 10.2 Å². The van der Waals surface area contributed by atoms with Crippen LogP contribution in [0.4, 0.5) is 0 Å². The summed E-state index contributed by atoms with van der Waals surface area (Å²) in [7, 11) is 0. The summed E-state index contributed by atoms with van der Waals surface area (Å²) in [6.07, 6.45) is 0.758. The summed E-state index contributed by atoms with van der Waals surface area (Å²) in [6, 6.07) is 20.5. The number of carbonyl (C=O) groups is 2. The third kappa shape index (κ3) is 6.67. The predicted octanol–water partition coefficient (Wildman–Crippen LogP) is 5.24. The maximum Gasteiger partial charge on any atom is 0.345 e. The lowest BCUT2D eigenvalue weighted by Gasteiger charge is -2.12. The Labute approximate surface area is 193 Å². The number of ether oxygens (including phenoxy) is 2. The minimum atomic E-state index is -0.718. The molecule has 158 valence electrons. The molecule has 0 aromatic heterocycles. The van der Waals surface area contributed by atoms with Crippen LogP contribution < -0.4 is 14.9 Å². The molecule has 1 atom stereocenters. The minimum Gasteiger partial charge on any atom is -0.481 e. The van der Waals surface area contributed by atoms with E-state index in [2.05, 4.69) is 26.5 Å². The van der Waals surface area contributed by atoms with Crippen LogP contribution in [0.2, 0.25) is 5.02 Å². The Morgan fingerprint density at radius 3 is 2.32 bits per heavy atom. The molecule has 31 heavy (non-hydrogen) atoms. The highest BCUT2D eigenvalue weighted by molar-refractivity contribution is 9.10. The number of esters is 1. The van der Waals surface area contributed by atoms with Crippen molar-refractivity contribution in [2.24, 2.45) is 5.10 Å². The molecule has 0 unspecified atom stereocenters. The Balaban J connectivity index is 1.51. The van der Waals surface area contributed by atoms with Gasteiger partial charge in [0.1, 0.15) is 11.5 Å². The van der Waals surface area contributed by atoms with Gasteiger partial charge in [0.05, 0.1) is 16.8 Å². The molecule has 1 amide bonds. The van der Waals surface area contributed by atoms with Gasteiger partial charge in [0.15, 0.2) is 6.10 Å². The molecule has 8 heteroatoms. The quantitative estimate of drug-likeness (QED) is 0.208. The normalized spacial score (nSPS) is 11.7. The standard InChI is InChI=1S/C23H18BrClN2O4/c1-15(30-18-12-8-17(24)9-13-18)22(28)27-26-14-16-6-10-19(11-7-16)31-23(29)20-4-2-3-5-21(20)25/h2-15H,1H3,(H,27,28)/b26-14-/t15-/m0/s1. The second kappa shape index (κ2) is 10.7. The summed E-state index contributed by atoms with van der Waals surface area (Å²) in [5.41, 5.74) is 3.43. The van der Waals surface area contributed by atoms with E-state index in [0.717, 1.165) is 4.47 Å². The molecule has 0 fully saturated rings. The molecule has 0 aliphatic rings. The summed E-state index contributed by atoms with van der Waals surface area (Å²) in [6.45, 7) is 1.63. The highest BCUT2D eigenvalue weighted by Crippen LogP contribution is 2.19. The summed E-state index contributed by atoms with van der Waals surface area (Å²) in [5, 5.41) is 4.26. The number of benzene rings is 3. The number of halogens is 2. The molecule has 1 N–H and O–H groups in total. The van der Waals surface area contributed by atoms with Gasteiger partial charge in [-0.15, -0.1) is 0 Å². The lowest BCUT2D eigenvalue weighted by atomic mass is 10.2. The van der Waals surface area contributed by atoms with Gasteiger partial charge in [0, 0.05) is 4.47 Å². The third-order valence-corrected chi connectivity index (χ3v) is 4.93. The van der Waals surface area contributed by atoms with E-state index in [-0.39, 0.29) is 11.5 Å². The fourth-order valence-corrected chi connectivity index (χ4v) is 2.92. The first-order chi connectivity index (χ1) is 14.9. The highest BCUT2D eigenvalue weighted by Gasteiger charge is 2.14. The average Bonchev–Trinajstić information content (AvgIpc) is 2.76. The van der Waals surface area contributed by atoms with Gasteiger partial charge in [-0.05, 0) is 73.2 Å². The number of hydrazone groups is 1. The molecular weight excluding hydrogens is 484 g/mol. The zero-order valence-corrected chi connectivity index (χ0v) is 18.8. The van der Waals surface area contributed by atoms with Gasteiger partial charge in [0.2, 0.25) is 0 Å². The van der Waals surface area contributed by atoms with Crippen molar-refractivity contribution in [3.05, 3.63) is 93.4 Å². The van der Waals surface area contributed by atoms with Crippen LogP contribution in [0.15, 0.2) is 82.4 Å². The van der Waals surface area contributed by atoms with E-state index in [1.807, 2.05) is 12.1 Å². The van der Waals surface area contributed by atoms with Gasteiger partial charge in [-0.1, -0.05) is 39.7 Å². The largest absolute Gasteiger partial charge is 0.481 e. The van der Waals surface area contributed by atoms with Crippen molar-refractivity contribution in [1.82, 2.24) is 5.43 Å². The van der Waals surface area contributed by atoms with Crippen LogP contribution in [0.3, 0.4) is 0 Å². The van der Waals surface area contributed by atoms with Crippen molar-refractivity contribution < 1.29 is 19.1 Å². The van der Waals surface area contributed by atoms with Gasteiger partial charge in [-0.2, -0.15) is 5.10 Å². The molecule has 0 saturated heterocycles. The maximum absolute atomic E-state index is 12.2. The Morgan fingerprint density at radius 1 is 1.00 bits per heavy atom. The van der Waals surface area contributed by atoms with Crippen molar-refractivity contribution in [2.45, 2.75) is 13.0 Å². The number of hydrogen-bond donors (Lipinski definition) is 1. The van der Waals surface area contributed by atoms with Crippen LogP contribution in [-0.4, -0.2) is 24.2 Å². The van der Waals surface area contributed by atoms with E-state index in [9.17, 15) is 9.59 Å². The number of hydrogen-bond acceptors (Lipinski definition) is 5. The van der Waals surface area contributed by atoms with Crippen molar-refractivity contribution >= 4 is 45.6 Å². The van der Waals surface area contributed by atoms with Crippen LogP contribution >= 0.6 is 27.5 Å². The first-order valence-electron chi connectivity index (χ1n) is 9.24.